The molecule has 0 spiro atoms. The molecule has 0 amide bonds. The first-order valence-corrected chi connectivity index (χ1v) is 9.66. The third-order valence-corrected chi connectivity index (χ3v) is 4.98. The molecular formula is C21H13F4N7O3. The zero-order chi connectivity index (χ0) is 25.5. The summed E-state index contributed by atoms with van der Waals surface area (Å²) in [6.45, 7) is 1.57. The monoisotopic (exact) mass is 487 g/mol. The maximum absolute atomic E-state index is 13.9. The zero-order valence-electron chi connectivity index (χ0n) is 17.9. The lowest BCUT2D eigenvalue weighted by atomic mass is 10.1. The first-order chi connectivity index (χ1) is 16.5. The van der Waals surface area contributed by atoms with Crippen molar-refractivity contribution in [2.75, 3.05) is 12.4 Å². The fourth-order valence-corrected chi connectivity index (χ4v) is 3.36. The Morgan fingerprint density at radius 2 is 2.00 bits per heavy atom. The fourth-order valence-electron chi connectivity index (χ4n) is 3.36. The van der Waals surface area contributed by atoms with Gasteiger partial charge in [-0.1, -0.05) is 0 Å². The van der Waals surface area contributed by atoms with Gasteiger partial charge in [0.2, 0.25) is 11.8 Å². The van der Waals surface area contributed by atoms with Crippen LogP contribution in [0.25, 0.3) is 16.7 Å². The second kappa shape index (κ2) is 8.52. The number of ether oxygens (including phenoxy) is 1. The van der Waals surface area contributed by atoms with Crippen LogP contribution in [0.4, 0.5) is 34.9 Å². The molecule has 0 aliphatic rings. The second-order valence-corrected chi connectivity index (χ2v) is 7.16. The number of nitro groups is 1. The number of aryl methyl sites for hydroxylation is 1. The molecule has 0 fully saturated rings. The van der Waals surface area contributed by atoms with Gasteiger partial charge in [-0.25, -0.2) is 9.67 Å². The summed E-state index contributed by atoms with van der Waals surface area (Å²) in [5.41, 5.74) is -1.32. The Hall–Kier alpha value is -4.80. The molecule has 35 heavy (non-hydrogen) atoms. The topological polar surface area (TPSA) is 132 Å². The van der Waals surface area contributed by atoms with Crippen molar-refractivity contribution in [2.24, 2.45) is 0 Å². The van der Waals surface area contributed by atoms with E-state index in [1.54, 1.807) is 6.92 Å². The number of hydrogen-bond acceptors (Lipinski definition) is 8. The number of hydrogen-bond donors (Lipinski definition) is 1. The van der Waals surface area contributed by atoms with Crippen LogP contribution < -0.4 is 10.1 Å². The third-order valence-electron chi connectivity index (χ3n) is 4.98. The Bertz CT molecular complexity index is 1530. The molecule has 0 saturated carbocycles. The number of anilines is 2. The Labute approximate surface area is 193 Å². The van der Waals surface area contributed by atoms with E-state index < -0.39 is 34.0 Å². The van der Waals surface area contributed by atoms with Gasteiger partial charge in [-0.3, -0.25) is 10.1 Å². The molecule has 14 heteroatoms. The van der Waals surface area contributed by atoms with E-state index >= 15 is 0 Å². The number of methoxy groups -OCH3 is 1. The van der Waals surface area contributed by atoms with Gasteiger partial charge in [0.25, 0.3) is 0 Å². The largest absolute Gasteiger partial charge is 0.494 e. The van der Waals surface area contributed by atoms with Crippen molar-refractivity contribution in [2.45, 2.75) is 13.1 Å². The van der Waals surface area contributed by atoms with E-state index in [0.717, 1.165) is 16.8 Å². The maximum Gasteiger partial charge on any atom is 0.421 e. The third kappa shape index (κ3) is 4.26. The lowest BCUT2D eigenvalue weighted by Gasteiger charge is -2.15. The average molecular weight is 487 g/mol. The molecule has 0 saturated heterocycles. The summed E-state index contributed by atoms with van der Waals surface area (Å²) in [5.74, 6) is -2.35. The molecule has 1 N–H and O–H groups in total. The van der Waals surface area contributed by atoms with Crippen LogP contribution in [-0.4, -0.2) is 31.8 Å². The summed E-state index contributed by atoms with van der Waals surface area (Å²) in [4.78, 5) is 17.8. The Morgan fingerprint density at radius 1 is 1.26 bits per heavy atom. The number of benzene rings is 2. The van der Waals surface area contributed by atoms with Gasteiger partial charge < -0.3 is 10.1 Å². The average Bonchev–Trinajstić information content (AvgIpc) is 3.14. The van der Waals surface area contributed by atoms with Crippen LogP contribution in [0.1, 0.15) is 16.8 Å². The normalized spacial score (nSPS) is 11.3. The van der Waals surface area contributed by atoms with Gasteiger partial charge in [0.1, 0.15) is 11.3 Å². The van der Waals surface area contributed by atoms with Gasteiger partial charge in [-0.05, 0) is 25.1 Å². The van der Waals surface area contributed by atoms with Crippen LogP contribution >= 0.6 is 0 Å². The summed E-state index contributed by atoms with van der Waals surface area (Å²) < 4.78 is 61.3. The van der Waals surface area contributed by atoms with Crippen molar-refractivity contribution in [1.82, 2.24) is 19.7 Å². The van der Waals surface area contributed by atoms with Gasteiger partial charge in [-0.15, -0.1) is 0 Å². The van der Waals surface area contributed by atoms with Crippen molar-refractivity contribution in [3.63, 3.8) is 0 Å². The number of nitro benzene ring substituents is 1. The summed E-state index contributed by atoms with van der Waals surface area (Å²) in [6, 6.07) is 7.88. The molecule has 10 nitrogen and oxygen atoms in total. The molecule has 0 bridgehead atoms. The van der Waals surface area contributed by atoms with Gasteiger partial charge in [0, 0.05) is 23.7 Å². The molecule has 2 aromatic carbocycles. The Kier molecular flexibility index (Phi) is 5.69. The standard InChI is InChI=1S/C21H13F4N7O3/c1-10-12-5-11(8-26)3-4-16(12)31(30-10)19-13(21(23,24)25)9-27-20(29-19)28-15-7-17(32(33)34)14(22)6-18(15)35-2/h3-7,9H,1-2H3,(H,27,28,29). The van der Waals surface area contributed by atoms with Crippen molar-refractivity contribution in [1.29, 1.82) is 5.26 Å². The molecule has 0 aliphatic carbocycles. The minimum absolute atomic E-state index is 0.147. The number of alkyl halides is 3. The fraction of sp³-hybridized carbons (Fsp3) is 0.143. The highest BCUT2D eigenvalue weighted by Gasteiger charge is 2.37. The molecule has 2 heterocycles. The zero-order valence-corrected chi connectivity index (χ0v) is 17.9. The highest BCUT2D eigenvalue weighted by atomic mass is 19.4. The summed E-state index contributed by atoms with van der Waals surface area (Å²) in [6.07, 6.45) is -4.32. The van der Waals surface area contributed by atoms with E-state index in [1.807, 2.05) is 6.07 Å². The lowest BCUT2D eigenvalue weighted by molar-refractivity contribution is -0.387. The molecule has 4 aromatic rings. The van der Waals surface area contributed by atoms with Crippen LogP contribution in [-0.2, 0) is 6.18 Å². The minimum Gasteiger partial charge on any atom is -0.494 e. The van der Waals surface area contributed by atoms with E-state index in [9.17, 15) is 27.7 Å². The van der Waals surface area contributed by atoms with Gasteiger partial charge in [0.05, 0.1) is 40.6 Å². The Morgan fingerprint density at radius 3 is 2.63 bits per heavy atom. The van der Waals surface area contributed by atoms with Gasteiger partial charge >= 0.3 is 11.9 Å². The van der Waals surface area contributed by atoms with Crippen LogP contribution in [0.2, 0.25) is 0 Å². The molecule has 0 unspecified atom stereocenters. The van der Waals surface area contributed by atoms with Crippen molar-refractivity contribution in [3.8, 4) is 17.6 Å². The predicted octanol–water partition coefficient (Wildman–Crippen LogP) is 4.81. The highest BCUT2D eigenvalue weighted by molar-refractivity contribution is 5.84. The molecule has 0 atom stereocenters. The van der Waals surface area contributed by atoms with Crippen molar-refractivity contribution in [3.05, 3.63) is 69.3 Å². The minimum atomic E-state index is -4.85. The number of halogens is 4. The molecule has 2 aromatic heterocycles. The van der Waals surface area contributed by atoms with E-state index in [0.29, 0.717) is 22.8 Å². The van der Waals surface area contributed by atoms with Gasteiger partial charge in [0.15, 0.2) is 5.82 Å². The summed E-state index contributed by atoms with van der Waals surface area (Å²) in [5, 5.41) is 27.4. The number of rotatable bonds is 5. The van der Waals surface area contributed by atoms with Crippen LogP contribution in [0, 0.1) is 34.2 Å². The number of nitrogens with zero attached hydrogens (tertiary/aromatic N) is 6. The van der Waals surface area contributed by atoms with Crippen molar-refractivity contribution < 1.29 is 27.2 Å². The summed E-state index contributed by atoms with van der Waals surface area (Å²) in [7, 11) is 1.18. The van der Waals surface area contributed by atoms with E-state index in [1.165, 1.54) is 25.3 Å². The first-order valence-electron chi connectivity index (χ1n) is 9.66. The van der Waals surface area contributed by atoms with Gasteiger partial charge in [-0.2, -0.15) is 32.9 Å². The van der Waals surface area contributed by atoms with Crippen LogP contribution in [0.5, 0.6) is 5.75 Å². The lowest BCUT2D eigenvalue weighted by Crippen LogP contribution is -2.15. The van der Waals surface area contributed by atoms with E-state index in [4.69, 9.17) is 10.00 Å². The number of nitrogens with one attached hydrogen (secondary N) is 1. The van der Waals surface area contributed by atoms with Crippen LogP contribution in [0.15, 0.2) is 36.5 Å². The van der Waals surface area contributed by atoms with E-state index in [-0.39, 0.29) is 22.9 Å². The predicted molar refractivity (Wildman–Crippen MR) is 114 cm³/mol. The smallest absolute Gasteiger partial charge is 0.421 e. The molecule has 178 valence electrons. The number of fused-ring (bicyclic) bond motifs is 1. The number of nitriles is 1. The van der Waals surface area contributed by atoms with E-state index in [2.05, 4.69) is 20.4 Å². The second-order valence-electron chi connectivity index (χ2n) is 7.16. The Balaban J connectivity index is 1.89. The first kappa shape index (κ1) is 23.4. The molecule has 0 aliphatic heterocycles. The molecule has 0 radical (unpaired) electrons. The SMILES string of the molecule is COc1cc(F)c([N+](=O)[O-])cc1Nc1ncc(C(F)(F)F)c(-n2nc(C)c3cc(C#N)ccc32)n1. The maximum atomic E-state index is 13.9. The van der Waals surface area contributed by atoms with Crippen molar-refractivity contribution >= 4 is 28.2 Å². The molecular weight excluding hydrogens is 474 g/mol. The highest BCUT2D eigenvalue weighted by Crippen LogP contribution is 2.36. The summed E-state index contributed by atoms with van der Waals surface area (Å²) >= 11 is 0. The number of aromatic nitrogens is 4. The quantitative estimate of drug-likeness (QED) is 0.241. The molecule has 4 rings (SSSR count). The van der Waals surface area contributed by atoms with Crippen LogP contribution in [0.3, 0.4) is 0 Å².